The lowest BCUT2D eigenvalue weighted by Crippen LogP contribution is -2.44. The molecule has 3 rings (SSSR count). The van der Waals surface area contributed by atoms with Crippen molar-refractivity contribution in [3.05, 3.63) is 34.9 Å². The summed E-state index contributed by atoms with van der Waals surface area (Å²) in [5, 5.41) is 3.83. The van der Waals surface area contributed by atoms with Gasteiger partial charge < -0.3 is 15.1 Å². The summed E-state index contributed by atoms with van der Waals surface area (Å²) in [5.41, 5.74) is 1.31. The number of benzene rings is 1. The average molecular weight is 350 g/mol. The number of hydrogen-bond acceptors (Lipinski definition) is 2. The topological polar surface area (TPSA) is 52.7 Å². The van der Waals surface area contributed by atoms with E-state index in [0.29, 0.717) is 26.2 Å². The standard InChI is InChI=1S/C18H24ClN3O2/c1-14(23)21-9-2-10-22(12-11-21)17(24)20-13-18(7-8-18)15-3-5-16(19)6-4-15/h3-6H,2,7-13H2,1H3,(H,20,24). The van der Waals surface area contributed by atoms with Crippen LogP contribution in [-0.4, -0.2) is 54.5 Å². The molecule has 1 aliphatic carbocycles. The second-order valence-corrected chi connectivity index (χ2v) is 7.23. The molecule has 1 heterocycles. The van der Waals surface area contributed by atoms with Crippen molar-refractivity contribution in [2.24, 2.45) is 0 Å². The van der Waals surface area contributed by atoms with Crippen LogP contribution in [0.2, 0.25) is 5.02 Å². The average Bonchev–Trinajstić information content (AvgIpc) is 3.37. The van der Waals surface area contributed by atoms with Crippen molar-refractivity contribution in [3.8, 4) is 0 Å². The molecule has 2 fully saturated rings. The lowest BCUT2D eigenvalue weighted by Gasteiger charge is -2.24. The third kappa shape index (κ3) is 3.83. The van der Waals surface area contributed by atoms with Crippen molar-refractivity contribution in [1.29, 1.82) is 0 Å². The van der Waals surface area contributed by atoms with Gasteiger partial charge in [-0.15, -0.1) is 0 Å². The molecule has 0 radical (unpaired) electrons. The number of rotatable bonds is 3. The van der Waals surface area contributed by atoms with Crippen molar-refractivity contribution in [1.82, 2.24) is 15.1 Å². The van der Waals surface area contributed by atoms with Crippen LogP contribution in [0, 0.1) is 0 Å². The van der Waals surface area contributed by atoms with Gasteiger partial charge in [0.05, 0.1) is 0 Å². The highest BCUT2D eigenvalue weighted by Gasteiger charge is 2.44. The first-order chi connectivity index (χ1) is 11.5. The maximum absolute atomic E-state index is 12.5. The number of carbonyl (C=O) groups is 2. The summed E-state index contributed by atoms with van der Waals surface area (Å²) < 4.78 is 0. The largest absolute Gasteiger partial charge is 0.341 e. The Kier molecular flexibility index (Phi) is 4.99. The molecule has 130 valence electrons. The Labute approximate surface area is 147 Å². The highest BCUT2D eigenvalue weighted by molar-refractivity contribution is 6.30. The van der Waals surface area contributed by atoms with E-state index in [0.717, 1.165) is 30.8 Å². The van der Waals surface area contributed by atoms with Crippen LogP contribution in [-0.2, 0) is 10.2 Å². The predicted molar refractivity (Wildman–Crippen MR) is 94.2 cm³/mol. The fourth-order valence-electron chi connectivity index (χ4n) is 3.31. The Hall–Kier alpha value is -1.75. The van der Waals surface area contributed by atoms with Crippen molar-refractivity contribution in [2.45, 2.75) is 31.6 Å². The Balaban J connectivity index is 1.54. The number of hydrogen-bond donors (Lipinski definition) is 1. The maximum atomic E-state index is 12.5. The second-order valence-electron chi connectivity index (χ2n) is 6.79. The van der Waals surface area contributed by atoms with E-state index in [1.807, 2.05) is 21.9 Å². The predicted octanol–water partition coefficient (Wildman–Crippen LogP) is 2.64. The molecule has 5 nitrogen and oxygen atoms in total. The first-order valence-electron chi connectivity index (χ1n) is 8.54. The minimum absolute atomic E-state index is 0.0272. The van der Waals surface area contributed by atoms with Gasteiger partial charge in [-0.2, -0.15) is 0 Å². The van der Waals surface area contributed by atoms with E-state index in [-0.39, 0.29) is 17.4 Å². The van der Waals surface area contributed by atoms with Gasteiger partial charge in [0.1, 0.15) is 0 Å². The van der Waals surface area contributed by atoms with Gasteiger partial charge in [-0.05, 0) is 37.0 Å². The van der Waals surface area contributed by atoms with Gasteiger partial charge in [-0.25, -0.2) is 4.79 Å². The fourth-order valence-corrected chi connectivity index (χ4v) is 3.44. The zero-order chi connectivity index (χ0) is 17.2. The van der Waals surface area contributed by atoms with Crippen molar-refractivity contribution in [3.63, 3.8) is 0 Å². The number of urea groups is 1. The van der Waals surface area contributed by atoms with Gasteiger partial charge in [0.2, 0.25) is 5.91 Å². The van der Waals surface area contributed by atoms with Gasteiger partial charge in [0.15, 0.2) is 0 Å². The van der Waals surface area contributed by atoms with Crippen molar-refractivity contribution < 1.29 is 9.59 Å². The van der Waals surface area contributed by atoms with Gasteiger partial charge >= 0.3 is 6.03 Å². The first kappa shape index (κ1) is 17.1. The van der Waals surface area contributed by atoms with E-state index < -0.39 is 0 Å². The molecule has 0 atom stereocenters. The fraction of sp³-hybridized carbons (Fsp3) is 0.556. The van der Waals surface area contributed by atoms with E-state index in [2.05, 4.69) is 17.4 Å². The monoisotopic (exact) mass is 349 g/mol. The van der Waals surface area contributed by atoms with Gasteiger partial charge in [0, 0.05) is 50.1 Å². The molecule has 0 spiro atoms. The van der Waals surface area contributed by atoms with E-state index in [9.17, 15) is 9.59 Å². The van der Waals surface area contributed by atoms with Gasteiger partial charge in [-0.3, -0.25) is 4.79 Å². The normalized spacial score (nSPS) is 19.6. The molecule has 0 unspecified atom stereocenters. The molecular weight excluding hydrogens is 326 g/mol. The Morgan fingerprint density at radius 1 is 1.08 bits per heavy atom. The smallest absolute Gasteiger partial charge is 0.317 e. The summed E-state index contributed by atoms with van der Waals surface area (Å²) in [7, 11) is 0. The molecule has 1 N–H and O–H groups in total. The van der Waals surface area contributed by atoms with Crippen LogP contribution in [0.15, 0.2) is 24.3 Å². The number of amides is 3. The third-order valence-corrected chi connectivity index (χ3v) is 5.37. The quantitative estimate of drug-likeness (QED) is 0.912. The molecule has 1 saturated heterocycles. The second kappa shape index (κ2) is 7.01. The lowest BCUT2D eigenvalue weighted by molar-refractivity contribution is -0.128. The minimum atomic E-state index is -0.0272. The number of carbonyl (C=O) groups excluding carboxylic acids is 2. The van der Waals surface area contributed by atoms with Crippen LogP contribution in [0.3, 0.4) is 0 Å². The molecule has 1 aliphatic heterocycles. The zero-order valence-corrected chi connectivity index (χ0v) is 14.8. The van der Waals surface area contributed by atoms with E-state index in [4.69, 9.17) is 11.6 Å². The van der Waals surface area contributed by atoms with Crippen LogP contribution < -0.4 is 5.32 Å². The van der Waals surface area contributed by atoms with Crippen LogP contribution in [0.5, 0.6) is 0 Å². The third-order valence-electron chi connectivity index (χ3n) is 5.12. The Bertz CT molecular complexity index is 613. The lowest BCUT2D eigenvalue weighted by atomic mass is 9.96. The van der Waals surface area contributed by atoms with Crippen molar-refractivity contribution >= 4 is 23.5 Å². The highest BCUT2D eigenvalue weighted by Crippen LogP contribution is 2.47. The molecule has 6 heteroatoms. The van der Waals surface area contributed by atoms with Crippen LogP contribution >= 0.6 is 11.6 Å². The summed E-state index contributed by atoms with van der Waals surface area (Å²) in [6, 6.07) is 7.89. The first-order valence-corrected chi connectivity index (χ1v) is 8.92. The highest BCUT2D eigenvalue weighted by atomic mass is 35.5. The Morgan fingerprint density at radius 2 is 1.71 bits per heavy atom. The number of nitrogens with one attached hydrogen (secondary N) is 1. The summed E-state index contributed by atoms with van der Waals surface area (Å²) in [4.78, 5) is 27.6. The van der Waals surface area contributed by atoms with Crippen LogP contribution in [0.4, 0.5) is 4.79 Å². The minimum Gasteiger partial charge on any atom is -0.341 e. The summed E-state index contributed by atoms with van der Waals surface area (Å²) in [5.74, 6) is 0.0805. The molecule has 1 aromatic carbocycles. The summed E-state index contributed by atoms with van der Waals surface area (Å²) >= 11 is 5.96. The summed E-state index contributed by atoms with van der Waals surface area (Å²) in [6.07, 6.45) is 3.01. The van der Waals surface area contributed by atoms with Gasteiger partial charge in [-0.1, -0.05) is 23.7 Å². The number of halogens is 1. The van der Waals surface area contributed by atoms with E-state index >= 15 is 0 Å². The molecule has 0 aromatic heterocycles. The van der Waals surface area contributed by atoms with Crippen LogP contribution in [0.25, 0.3) is 0 Å². The molecule has 3 amide bonds. The molecule has 1 aromatic rings. The molecule has 24 heavy (non-hydrogen) atoms. The molecule has 1 saturated carbocycles. The zero-order valence-electron chi connectivity index (χ0n) is 14.1. The number of nitrogens with zero attached hydrogens (tertiary/aromatic N) is 2. The van der Waals surface area contributed by atoms with Crippen molar-refractivity contribution in [2.75, 3.05) is 32.7 Å². The molecule has 0 bridgehead atoms. The Morgan fingerprint density at radius 3 is 2.33 bits per heavy atom. The van der Waals surface area contributed by atoms with Gasteiger partial charge in [0.25, 0.3) is 0 Å². The van der Waals surface area contributed by atoms with Crippen LogP contribution in [0.1, 0.15) is 31.7 Å². The maximum Gasteiger partial charge on any atom is 0.317 e. The summed E-state index contributed by atoms with van der Waals surface area (Å²) in [6.45, 7) is 4.88. The SMILES string of the molecule is CC(=O)N1CCCN(C(=O)NCC2(c3ccc(Cl)cc3)CC2)CC1. The van der Waals surface area contributed by atoms with E-state index in [1.54, 1.807) is 6.92 Å². The van der Waals surface area contributed by atoms with E-state index in [1.165, 1.54) is 5.56 Å². The molecule has 2 aliphatic rings. The molecular formula is C18H24ClN3O2.